The highest BCUT2D eigenvalue weighted by Crippen LogP contribution is 2.19. The highest BCUT2D eigenvalue weighted by atomic mass is 16.3. The summed E-state index contributed by atoms with van der Waals surface area (Å²) in [5, 5.41) is 8.41. The Kier molecular flexibility index (Phi) is 8.40. The van der Waals surface area contributed by atoms with Crippen LogP contribution in [0.5, 0.6) is 0 Å². The number of para-hydroxylation sites is 1. The molecule has 0 heterocycles. The van der Waals surface area contributed by atoms with Crippen LogP contribution in [0.15, 0.2) is 133 Å². The van der Waals surface area contributed by atoms with Gasteiger partial charge in [-0.05, 0) is 78.9 Å². The Hall–Kier alpha value is -6.09. The molecule has 206 valence electrons. The minimum Gasteiger partial charge on any atom is -0.322 e. The maximum Gasteiger partial charge on any atom is 0.292 e. The van der Waals surface area contributed by atoms with Crippen molar-refractivity contribution in [3.05, 3.63) is 155 Å². The molecular formula is C33H26N5O4+. The van der Waals surface area contributed by atoms with Crippen LogP contribution < -0.4 is 21.4 Å². The van der Waals surface area contributed by atoms with E-state index in [0.717, 1.165) is 0 Å². The molecular weight excluding hydrogens is 530 g/mol. The molecule has 0 atom stereocenters. The van der Waals surface area contributed by atoms with Crippen molar-refractivity contribution in [2.24, 2.45) is 0 Å². The van der Waals surface area contributed by atoms with Crippen LogP contribution in [0.1, 0.15) is 31.1 Å². The summed E-state index contributed by atoms with van der Waals surface area (Å²) < 4.78 is 0. The van der Waals surface area contributed by atoms with Gasteiger partial charge in [-0.15, -0.1) is 5.43 Å². The van der Waals surface area contributed by atoms with Gasteiger partial charge in [0.2, 0.25) is 0 Å². The van der Waals surface area contributed by atoms with Gasteiger partial charge in [0.25, 0.3) is 23.4 Å². The summed E-state index contributed by atoms with van der Waals surface area (Å²) in [4.78, 5) is 51.0. The van der Waals surface area contributed by atoms with Crippen molar-refractivity contribution < 1.29 is 19.3 Å². The van der Waals surface area contributed by atoms with E-state index >= 15 is 0 Å². The van der Waals surface area contributed by atoms with E-state index in [-0.39, 0.29) is 11.8 Å². The number of nitrogens with one attached hydrogen (secondary N) is 4. The molecule has 0 spiro atoms. The zero-order chi connectivity index (χ0) is 29.3. The molecule has 5 rings (SSSR count). The van der Waals surface area contributed by atoms with Gasteiger partial charge in [0.15, 0.2) is 4.87 Å². The minimum atomic E-state index is -0.390. The zero-order valence-electron chi connectivity index (χ0n) is 22.3. The van der Waals surface area contributed by atoms with Crippen LogP contribution in [0.25, 0.3) is 0 Å². The molecule has 9 nitrogen and oxygen atoms in total. The van der Waals surface area contributed by atoms with E-state index in [9.17, 15) is 19.3 Å². The van der Waals surface area contributed by atoms with E-state index < -0.39 is 5.91 Å². The van der Waals surface area contributed by atoms with Crippen molar-refractivity contribution in [1.29, 1.82) is 0 Å². The molecule has 0 saturated carbocycles. The van der Waals surface area contributed by atoms with Gasteiger partial charge < -0.3 is 16.0 Å². The smallest absolute Gasteiger partial charge is 0.292 e. The number of hydrogen-bond acceptors (Lipinski definition) is 4. The van der Waals surface area contributed by atoms with Crippen molar-refractivity contribution >= 4 is 46.2 Å². The number of carbonyl (C=O) groups excluding carboxylic acids is 3. The summed E-state index contributed by atoms with van der Waals surface area (Å²) in [5.74, 6) is -1.01. The van der Waals surface area contributed by atoms with E-state index in [1.807, 2.05) is 12.1 Å². The first-order chi connectivity index (χ1) is 20.4. The van der Waals surface area contributed by atoms with Crippen molar-refractivity contribution in [2.75, 3.05) is 21.4 Å². The van der Waals surface area contributed by atoms with Gasteiger partial charge in [-0.3, -0.25) is 14.4 Å². The molecule has 42 heavy (non-hydrogen) atoms. The number of anilines is 4. The van der Waals surface area contributed by atoms with Crippen molar-refractivity contribution in [1.82, 2.24) is 0 Å². The third-order valence-corrected chi connectivity index (χ3v) is 6.19. The number of benzene rings is 5. The number of amides is 3. The van der Waals surface area contributed by atoms with Gasteiger partial charge in [-0.25, -0.2) is 0 Å². The molecule has 4 N–H and O–H groups in total. The Morgan fingerprint density at radius 1 is 0.429 bits per heavy atom. The molecule has 0 radical (unpaired) electrons. The van der Waals surface area contributed by atoms with E-state index in [2.05, 4.69) is 21.4 Å². The van der Waals surface area contributed by atoms with Crippen LogP contribution in [0.2, 0.25) is 0 Å². The summed E-state index contributed by atoms with van der Waals surface area (Å²) in [6.45, 7) is 0. The molecule has 0 unspecified atom stereocenters. The van der Waals surface area contributed by atoms with Gasteiger partial charge in [-0.2, -0.15) is 0 Å². The number of nitroso groups, excluding NO2 is 1. The van der Waals surface area contributed by atoms with Crippen LogP contribution in [0.4, 0.5) is 28.4 Å². The van der Waals surface area contributed by atoms with Gasteiger partial charge in [0, 0.05) is 45.9 Å². The number of hydrazine groups is 1. The van der Waals surface area contributed by atoms with E-state index in [1.54, 1.807) is 115 Å². The summed E-state index contributed by atoms with van der Waals surface area (Å²) in [6.07, 6.45) is 0. The third-order valence-electron chi connectivity index (χ3n) is 6.19. The molecule has 9 heteroatoms. The Labute approximate surface area is 241 Å². The molecule has 0 saturated heterocycles. The van der Waals surface area contributed by atoms with Gasteiger partial charge in [0.1, 0.15) is 5.69 Å². The van der Waals surface area contributed by atoms with E-state index in [1.165, 1.54) is 6.07 Å². The second-order valence-corrected chi connectivity index (χ2v) is 9.21. The minimum absolute atomic E-state index is 0.229. The Morgan fingerprint density at radius 3 is 1.29 bits per heavy atom. The van der Waals surface area contributed by atoms with Gasteiger partial charge >= 0.3 is 0 Å². The quantitative estimate of drug-likeness (QED) is 0.117. The van der Waals surface area contributed by atoms with Gasteiger partial charge in [-0.1, -0.05) is 42.5 Å². The maximum absolute atomic E-state index is 12.9. The molecule has 5 aromatic carbocycles. The normalized spacial score (nSPS) is 10.3. The highest BCUT2D eigenvalue weighted by molar-refractivity contribution is 6.09. The van der Waals surface area contributed by atoms with Crippen LogP contribution in [-0.4, -0.2) is 22.6 Å². The average molecular weight is 557 g/mol. The molecule has 0 fully saturated rings. The SMILES string of the molecule is O=C(Nc1ccc(NC(=O)c2cccc(C(=O)Nc3ccc(N[N+](=O)c4ccccc4)cc3)c2)cc1)c1ccccc1. The first-order valence-electron chi connectivity index (χ1n) is 13.0. The van der Waals surface area contributed by atoms with Crippen LogP contribution in [-0.2, 0) is 0 Å². The maximum atomic E-state index is 12.9. The number of carbonyl (C=O) groups is 3. The fourth-order valence-electron chi connectivity index (χ4n) is 4.01. The second-order valence-electron chi connectivity index (χ2n) is 9.21. The molecule has 0 aliphatic rings. The molecule has 3 amide bonds. The molecule has 5 aromatic rings. The van der Waals surface area contributed by atoms with Crippen LogP contribution in [0, 0.1) is 4.91 Å². The molecule has 0 aromatic heterocycles. The Bertz CT molecular complexity index is 1600. The largest absolute Gasteiger partial charge is 0.322 e. The van der Waals surface area contributed by atoms with E-state index in [0.29, 0.717) is 50.0 Å². The van der Waals surface area contributed by atoms with Crippen molar-refractivity contribution in [3.8, 4) is 0 Å². The van der Waals surface area contributed by atoms with Crippen molar-refractivity contribution in [2.45, 2.75) is 0 Å². The first-order valence-corrected chi connectivity index (χ1v) is 13.0. The van der Waals surface area contributed by atoms with Crippen LogP contribution >= 0.6 is 0 Å². The predicted octanol–water partition coefficient (Wildman–Crippen LogP) is 6.88. The highest BCUT2D eigenvalue weighted by Gasteiger charge is 2.14. The lowest BCUT2D eigenvalue weighted by Crippen LogP contribution is -2.16. The lowest BCUT2D eigenvalue weighted by atomic mass is 10.1. The lowest BCUT2D eigenvalue weighted by Gasteiger charge is -2.10. The zero-order valence-corrected chi connectivity index (χ0v) is 22.3. The Morgan fingerprint density at radius 2 is 0.810 bits per heavy atom. The molecule has 0 aliphatic heterocycles. The number of hydrogen-bond donors (Lipinski definition) is 4. The first kappa shape index (κ1) is 27.5. The fourth-order valence-corrected chi connectivity index (χ4v) is 4.01. The molecule has 0 bridgehead atoms. The summed E-state index contributed by atoms with van der Waals surface area (Å²) in [7, 11) is 0. The second kappa shape index (κ2) is 12.8. The predicted molar refractivity (Wildman–Crippen MR) is 163 cm³/mol. The number of rotatable bonds is 9. The summed E-state index contributed by atoms with van der Waals surface area (Å²) in [5.41, 5.74) is 6.54. The van der Waals surface area contributed by atoms with Gasteiger partial charge in [0.05, 0.1) is 4.91 Å². The van der Waals surface area contributed by atoms with Crippen molar-refractivity contribution in [3.63, 3.8) is 0 Å². The molecule has 0 aliphatic carbocycles. The topological polar surface area (TPSA) is 119 Å². The average Bonchev–Trinajstić information content (AvgIpc) is 3.03. The van der Waals surface area contributed by atoms with E-state index in [4.69, 9.17) is 0 Å². The fraction of sp³-hybridized carbons (Fsp3) is 0. The lowest BCUT2D eigenvalue weighted by molar-refractivity contribution is -0.427. The summed E-state index contributed by atoms with van der Waals surface area (Å²) in [6, 6.07) is 37.4. The number of nitrogens with zero attached hydrogens (tertiary/aromatic N) is 1. The third kappa shape index (κ3) is 7.10. The standard InChI is InChI=1S/C33H25N5O4/c39-31(23-8-3-1-4-9-23)34-26-14-16-27(17-15-26)35-32(40)24-10-7-11-25(22-24)33(41)36-28-18-20-29(21-19-28)37-38(42)30-12-5-2-6-13-30/h1-22H,(H3-,34,35,36,37,39,40,41,42)/p+1. The van der Waals surface area contributed by atoms with Crippen LogP contribution in [0.3, 0.4) is 0 Å². The summed E-state index contributed by atoms with van der Waals surface area (Å²) >= 11 is 0. The Balaban J connectivity index is 1.16. The monoisotopic (exact) mass is 556 g/mol.